The zero-order valence-corrected chi connectivity index (χ0v) is 12.9. The third kappa shape index (κ3) is 3.17. The Hall–Kier alpha value is -3.41. The zero-order valence-electron chi connectivity index (χ0n) is 12.9. The highest BCUT2D eigenvalue weighted by Gasteiger charge is 2.18. The van der Waals surface area contributed by atoms with Crippen LogP contribution in [0.5, 0.6) is 17.4 Å². The molecule has 6 nitrogen and oxygen atoms in total. The van der Waals surface area contributed by atoms with Crippen LogP contribution in [-0.2, 0) is 0 Å². The monoisotopic (exact) mass is 322 g/mol. The topological polar surface area (TPSA) is 74.5 Å². The third-order valence-electron chi connectivity index (χ3n) is 3.38. The van der Waals surface area contributed by atoms with Crippen LogP contribution in [0.3, 0.4) is 0 Å². The highest BCUT2D eigenvalue weighted by atomic mass is 16.6. The molecule has 0 atom stereocenters. The van der Waals surface area contributed by atoms with Crippen LogP contribution in [0.2, 0.25) is 0 Å². The number of nitrogens with zero attached hydrogens (tertiary/aromatic N) is 2. The average molecular weight is 322 g/mol. The number of pyridine rings is 1. The summed E-state index contributed by atoms with van der Waals surface area (Å²) in [5.74, 6) is 1.29. The maximum Gasteiger partial charge on any atom is 0.295 e. The van der Waals surface area contributed by atoms with Gasteiger partial charge in [0.15, 0.2) is 17.2 Å². The quantitative estimate of drug-likeness (QED) is 0.512. The van der Waals surface area contributed by atoms with Gasteiger partial charge in [-0.25, -0.2) is 4.98 Å². The number of benzene rings is 2. The molecule has 2 aromatic carbocycles. The Morgan fingerprint density at radius 3 is 2.25 bits per heavy atom. The first-order chi connectivity index (χ1) is 11.7. The molecule has 0 saturated heterocycles. The summed E-state index contributed by atoms with van der Waals surface area (Å²) >= 11 is 0. The highest BCUT2D eigenvalue weighted by Crippen LogP contribution is 2.34. The fourth-order valence-electron chi connectivity index (χ4n) is 2.26. The molecule has 0 aliphatic rings. The Morgan fingerprint density at radius 2 is 1.58 bits per heavy atom. The minimum Gasteiger partial charge on any atom is -0.493 e. The lowest BCUT2D eigenvalue weighted by Crippen LogP contribution is -1.97. The molecule has 24 heavy (non-hydrogen) atoms. The van der Waals surface area contributed by atoms with E-state index in [2.05, 4.69) is 4.98 Å². The summed E-state index contributed by atoms with van der Waals surface area (Å²) < 4.78 is 11.0. The van der Waals surface area contributed by atoms with Crippen molar-refractivity contribution in [2.75, 3.05) is 7.11 Å². The Kier molecular flexibility index (Phi) is 4.38. The van der Waals surface area contributed by atoms with E-state index in [1.54, 1.807) is 49.6 Å². The molecule has 0 aliphatic heterocycles. The minimum atomic E-state index is -0.456. The van der Waals surface area contributed by atoms with Crippen LogP contribution < -0.4 is 9.47 Å². The second-order valence-corrected chi connectivity index (χ2v) is 4.89. The van der Waals surface area contributed by atoms with Gasteiger partial charge in [-0.05, 0) is 12.1 Å². The largest absolute Gasteiger partial charge is 0.493 e. The van der Waals surface area contributed by atoms with Crippen molar-refractivity contribution < 1.29 is 14.4 Å². The van der Waals surface area contributed by atoms with Crippen molar-refractivity contribution in [2.45, 2.75) is 0 Å². The van der Waals surface area contributed by atoms with Crippen LogP contribution in [-0.4, -0.2) is 17.0 Å². The third-order valence-corrected chi connectivity index (χ3v) is 3.38. The van der Waals surface area contributed by atoms with Crippen molar-refractivity contribution in [3.8, 4) is 28.6 Å². The Bertz CT molecular complexity index is 866. The Labute approximate surface area is 138 Å². The van der Waals surface area contributed by atoms with Gasteiger partial charge in [0.2, 0.25) is 5.88 Å². The fraction of sp³-hybridized carbons (Fsp3) is 0.0556. The molecule has 0 aliphatic carbocycles. The van der Waals surface area contributed by atoms with Gasteiger partial charge in [0.05, 0.1) is 12.0 Å². The molecule has 0 saturated carbocycles. The van der Waals surface area contributed by atoms with Crippen molar-refractivity contribution in [1.82, 2.24) is 4.98 Å². The van der Waals surface area contributed by atoms with E-state index in [1.807, 2.05) is 12.1 Å². The van der Waals surface area contributed by atoms with Crippen molar-refractivity contribution >= 4 is 5.69 Å². The average Bonchev–Trinajstić information content (AvgIpc) is 2.62. The van der Waals surface area contributed by atoms with Gasteiger partial charge < -0.3 is 9.47 Å². The molecular weight excluding hydrogens is 308 g/mol. The molecule has 0 unspecified atom stereocenters. The highest BCUT2D eigenvalue weighted by molar-refractivity contribution is 5.70. The number of aromatic nitrogens is 1. The Balaban J connectivity index is 2.03. The van der Waals surface area contributed by atoms with Crippen LogP contribution in [0.4, 0.5) is 5.69 Å². The molecule has 120 valence electrons. The summed E-state index contributed by atoms with van der Waals surface area (Å²) in [5.41, 5.74) is 0.830. The smallest absolute Gasteiger partial charge is 0.295 e. The number of methoxy groups -OCH3 is 1. The number of ether oxygens (including phenoxy) is 2. The summed E-state index contributed by atoms with van der Waals surface area (Å²) in [6.45, 7) is 0. The summed E-state index contributed by atoms with van der Waals surface area (Å²) in [4.78, 5) is 15.1. The second kappa shape index (κ2) is 6.78. The number of hydrogen-bond donors (Lipinski definition) is 0. The van der Waals surface area contributed by atoms with Crippen LogP contribution >= 0.6 is 0 Å². The normalized spacial score (nSPS) is 10.2. The lowest BCUT2D eigenvalue weighted by Gasteiger charge is -2.10. The number of para-hydroxylation sites is 2. The van der Waals surface area contributed by atoms with Crippen molar-refractivity contribution in [3.05, 3.63) is 76.8 Å². The van der Waals surface area contributed by atoms with E-state index >= 15 is 0 Å². The van der Waals surface area contributed by atoms with Crippen molar-refractivity contribution in [1.29, 1.82) is 0 Å². The van der Waals surface area contributed by atoms with Gasteiger partial charge in [0.25, 0.3) is 5.69 Å². The van der Waals surface area contributed by atoms with Crippen LogP contribution in [0.15, 0.2) is 66.7 Å². The predicted octanol–water partition coefficient (Wildman–Crippen LogP) is 4.46. The zero-order chi connectivity index (χ0) is 16.9. The molecule has 6 heteroatoms. The standard InChI is InChI=1S/C18H14N2O4/c1-23-15-9-5-6-10-16(15)24-17-12-11-14(20(21)22)18(19-17)13-7-3-2-4-8-13/h2-12H,1H3. The first-order valence-corrected chi connectivity index (χ1v) is 7.21. The summed E-state index contributed by atoms with van der Waals surface area (Å²) in [7, 11) is 1.54. The molecule has 0 N–H and O–H groups in total. The van der Waals surface area contributed by atoms with Crippen LogP contribution in [0.25, 0.3) is 11.3 Å². The molecule has 1 aromatic heterocycles. The van der Waals surface area contributed by atoms with E-state index in [0.717, 1.165) is 0 Å². The summed E-state index contributed by atoms with van der Waals surface area (Å²) in [6.07, 6.45) is 0. The molecule has 0 fully saturated rings. The van der Waals surface area contributed by atoms with Gasteiger partial charge in [0.1, 0.15) is 0 Å². The van der Waals surface area contributed by atoms with E-state index in [9.17, 15) is 10.1 Å². The van der Waals surface area contributed by atoms with E-state index in [4.69, 9.17) is 9.47 Å². The first kappa shape index (κ1) is 15.5. The fourth-order valence-corrected chi connectivity index (χ4v) is 2.26. The molecular formula is C18H14N2O4. The minimum absolute atomic E-state index is 0.0754. The van der Waals surface area contributed by atoms with E-state index in [-0.39, 0.29) is 17.3 Å². The van der Waals surface area contributed by atoms with E-state index in [1.165, 1.54) is 12.1 Å². The molecule has 0 radical (unpaired) electrons. The molecule has 3 aromatic rings. The van der Waals surface area contributed by atoms with Gasteiger partial charge in [-0.3, -0.25) is 10.1 Å². The number of nitro groups is 1. The molecule has 3 rings (SSSR count). The molecule has 1 heterocycles. The van der Waals surface area contributed by atoms with Crippen molar-refractivity contribution in [2.24, 2.45) is 0 Å². The summed E-state index contributed by atoms with van der Waals surface area (Å²) in [6, 6.07) is 19.0. The Morgan fingerprint density at radius 1 is 0.917 bits per heavy atom. The number of rotatable bonds is 5. The lowest BCUT2D eigenvalue weighted by atomic mass is 10.1. The van der Waals surface area contributed by atoms with E-state index in [0.29, 0.717) is 17.1 Å². The molecule has 0 amide bonds. The maximum absolute atomic E-state index is 11.3. The molecule has 0 bridgehead atoms. The van der Waals surface area contributed by atoms with E-state index < -0.39 is 4.92 Å². The van der Waals surface area contributed by atoms with Gasteiger partial charge in [-0.2, -0.15) is 0 Å². The van der Waals surface area contributed by atoms with Gasteiger partial charge in [-0.15, -0.1) is 0 Å². The maximum atomic E-state index is 11.3. The first-order valence-electron chi connectivity index (χ1n) is 7.21. The van der Waals surface area contributed by atoms with Crippen LogP contribution in [0.1, 0.15) is 0 Å². The lowest BCUT2D eigenvalue weighted by molar-refractivity contribution is -0.384. The predicted molar refractivity (Wildman–Crippen MR) is 89.4 cm³/mol. The molecule has 0 spiro atoms. The number of hydrogen-bond acceptors (Lipinski definition) is 5. The SMILES string of the molecule is COc1ccccc1Oc1ccc([N+](=O)[O-])c(-c2ccccc2)n1. The summed E-state index contributed by atoms with van der Waals surface area (Å²) in [5, 5.41) is 11.3. The van der Waals surface area contributed by atoms with Gasteiger partial charge in [-0.1, -0.05) is 42.5 Å². The van der Waals surface area contributed by atoms with Crippen LogP contribution in [0, 0.1) is 10.1 Å². The van der Waals surface area contributed by atoms with Gasteiger partial charge >= 0.3 is 0 Å². The van der Waals surface area contributed by atoms with Gasteiger partial charge in [0, 0.05) is 17.7 Å². The van der Waals surface area contributed by atoms with Crippen molar-refractivity contribution in [3.63, 3.8) is 0 Å². The second-order valence-electron chi connectivity index (χ2n) is 4.89.